The third-order valence-electron chi connectivity index (χ3n) is 4.79. The third kappa shape index (κ3) is 4.55. The zero-order chi connectivity index (χ0) is 15.4. The monoisotopic (exact) mass is 288 g/mol. The van der Waals surface area contributed by atoms with Gasteiger partial charge < -0.3 is 10.2 Å². The van der Waals surface area contributed by atoms with E-state index in [2.05, 4.69) is 63.0 Å². The first kappa shape index (κ1) is 16.5. The zero-order valence-electron chi connectivity index (χ0n) is 14.4. The molecular weight excluding hydrogens is 256 g/mol. The minimum absolute atomic E-state index is 0.458. The highest BCUT2D eigenvalue weighted by Crippen LogP contribution is 2.26. The molecular formula is C19H32N2. The summed E-state index contributed by atoms with van der Waals surface area (Å²) in [5, 5.41) is 3.68. The molecule has 2 unspecified atom stereocenters. The standard InChI is InChI=1S/C19H32N2/c1-6-20-19(18-10-15(4)9-16(5)11-18)13-21-8-7-17(12-21)14(2)3/h9-11,14,17,19-20H,6-8,12-13H2,1-5H3. The first-order valence-corrected chi connectivity index (χ1v) is 8.53. The SMILES string of the molecule is CCNC(CN1CCC(C(C)C)C1)c1cc(C)cc(C)c1. The largest absolute Gasteiger partial charge is 0.309 e. The van der Waals surface area contributed by atoms with Crippen molar-refractivity contribution in [1.29, 1.82) is 0 Å². The first-order valence-electron chi connectivity index (χ1n) is 8.53. The van der Waals surface area contributed by atoms with Gasteiger partial charge in [0, 0.05) is 19.1 Å². The van der Waals surface area contributed by atoms with E-state index >= 15 is 0 Å². The van der Waals surface area contributed by atoms with Gasteiger partial charge in [-0.1, -0.05) is 50.1 Å². The fourth-order valence-electron chi connectivity index (χ4n) is 3.58. The van der Waals surface area contributed by atoms with E-state index in [1.807, 2.05) is 0 Å². The molecule has 0 amide bonds. The van der Waals surface area contributed by atoms with Crippen molar-refractivity contribution in [2.45, 2.75) is 47.1 Å². The van der Waals surface area contributed by atoms with E-state index in [1.54, 1.807) is 0 Å². The minimum Gasteiger partial charge on any atom is -0.309 e. The molecule has 0 saturated carbocycles. The number of likely N-dealkylation sites (N-methyl/N-ethyl adjacent to an activating group) is 1. The van der Waals surface area contributed by atoms with Crippen LogP contribution in [0, 0.1) is 25.7 Å². The number of rotatable bonds is 6. The molecule has 1 heterocycles. The Hall–Kier alpha value is -0.860. The van der Waals surface area contributed by atoms with Crippen LogP contribution in [0.4, 0.5) is 0 Å². The molecule has 0 spiro atoms. The quantitative estimate of drug-likeness (QED) is 0.853. The van der Waals surface area contributed by atoms with Crippen LogP contribution in [0.1, 0.15) is 49.9 Å². The smallest absolute Gasteiger partial charge is 0.0449 e. The van der Waals surface area contributed by atoms with Gasteiger partial charge in [-0.3, -0.25) is 0 Å². The maximum absolute atomic E-state index is 3.68. The number of likely N-dealkylation sites (tertiary alicyclic amines) is 1. The van der Waals surface area contributed by atoms with Crippen LogP contribution in [0.25, 0.3) is 0 Å². The Morgan fingerprint density at radius 2 is 1.86 bits per heavy atom. The highest BCUT2D eigenvalue weighted by Gasteiger charge is 2.26. The lowest BCUT2D eigenvalue weighted by Crippen LogP contribution is -2.34. The van der Waals surface area contributed by atoms with Gasteiger partial charge in [0.2, 0.25) is 0 Å². The number of nitrogens with zero attached hydrogens (tertiary/aromatic N) is 1. The van der Waals surface area contributed by atoms with E-state index in [1.165, 1.54) is 36.2 Å². The second-order valence-corrected chi connectivity index (χ2v) is 7.08. The predicted octanol–water partition coefficient (Wildman–Crippen LogP) is 3.93. The molecule has 21 heavy (non-hydrogen) atoms. The van der Waals surface area contributed by atoms with Crippen LogP contribution in [-0.2, 0) is 0 Å². The molecule has 118 valence electrons. The number of hydrogen-bond acceptors (Lipinski definition) is 2. The van der Waals surface area contributed by atoms with Gasteiger partial charge in [0.15, 0.2) is 0 Å². The molecule has 0 radical (unpaired) electrons. The Balaban J connectivity index is 2.05. The van der Waals surface area contributed by atoms with Gasteiger partial charge >= 0.3 is 0 Å². The molecule has 0 aliphatic carbocycles. The summed E-state index contributed by atoms with van der Waals surface area (Å²) in [6.45, 7) is 16.0. The molecule has 2 heteroatoms. The van der Waals surface area contributed by atoms with E-state index in [9.17, 15) is 0 Å². The molecule has 1 aromatic rings. The van der Waals surface area contributed by atoms with E-state index in [-0.39, 0.29) is 0 Å². The van der Waals surface area contributed by atoms with Crippen molar-refractivity contribution in [2.75, 3.05) is 26.2 Å². The first-order chi connectivity index (χ1) is 9.99. The van der Waals surface area contributed by atoms with E-state index < -0.39 is 0 Å². The Kier molecular flexibility index (Phi) is 5.83. The van der Waals surface area contributed by atoms with Crippen molar-refractivity contribution in [2.24, 2.45) is 11.8 Å². The Bertz CT molecular complexity index is 433. The van der Waals surface area contributed by atoms with E-state index in [4.69, 9.17) is 0 Å². The van der Waals surface area contributed by atoms with Crippen LogP contribution in [0.5, 0.6) is 0 Å². The molecule has 2 nitrogen and oxygen atoms in total. The number of nitrogens with one attached hydrogen (secondary N) is 1. The van der Waals surface area contributed by atoms with Crippen molar-refractivity contribution >= 4 is 0 Å². The van der Waals surface area contributed by atoms with Gasteiger partial charge in [0.05, 0.1) is 0 Å². The summed E-state index contributed by atoms with van der Waals surface area (Å²) in [6.07, 6.45) is 1.36. The highest BCUT2D eigenvalue weighted by atomic mass is 15.2. The lowest BCUT2D eigenvalue weighted by molar-refractivity contribution is 0.271. The number of hydrogen-bond donors (Lipinski definition) is 1. The van der Waals surface area contributed by atoms with Crippen molar-refractivity contribution in [3.63, 3.8) is 0 Å². The normalized spacial score (nSPS) is 21.1. The van der Waals surface area contributed by atoms with Crippen LogP contribution in [0.15, 0.2) is 18.2 Å². The molecule has 1 fully saturated rings. The Labute approximate surface area is 130 Å². The zero-order valence-corrected chi connectivity index (χ0v) is 14.4. The van der Waals surface area contributed by atoms with Crippen molar-refractivity contribution in [3.05, 3.63) is 34.9 Å². The molecule has 1 N–H and O–H groups in total. The highest BCUT2D eigenvalue weighted by molar-refractivity contribution is 5.31. The van der Waals surface area contributed by atoms with Crippen LogP contribution in [0.3, 0.4) is 0 Å². The average molecular weight is 288 g/mol. The molecule has 1 aromatic carbocycles. The Morgan fingerprint density at radius 3 is 2.38 bits per heavy atom. The molecule has 1 aliphatic heterocycles. The number of aryl methyl sites for hydroxylation is 2. The summed E-state index contributed by atoms with van der Waals surface area (Å²) in [5.41, 5.74) is 4.19. The van der Waals surface area contributed by atoms with Gasteiger partial charge in [-0.2, -0.15) is 0 Å². The number of benzene rings is 1. The van der Waals surface area contributed by atoms with Gasteiger partial charge in [-0.05, 0) is 50.8 Å². The second-order valence-electron chi connectivity index (χ2n) is 7.08. The van der Waals surface area contributed by atoms with E-state index in [0.29, 0.717) is 6.04 Å². The maximum Gasteiger partial charge on any atom is 0.0449 e. The maximum atomic E-state index is 3.68. The predicted molar refractivity (Wildman–Crippen MR) is 91.7 cm³/mol. The molecule has 1 aliphatic rings. The topological polar surface area (TPSA) is 15.3 Å². The van der Waals surface area contributed by atoms with Gasteiger partial charge in [-0.25, -0.2) is 0 Å². The summed E-state index contributed by atoms with van der Waals surface area (Å²) < 4.78 is 0. The summed E-state index contributed by atoms with van der Waals surface area (Å²) in [6, 6.07) is 7.41. The summed E-state index contributed by atoms with van der Waals surface area (Å²) in [7, 11) is 0. The molecule has 1 saturated heterocycles. The summed E-state index contributed by atoms with van der Waals surface area (Å²) in [4.78, 5) is 2.65. The van der Waals surface area contributed by atoms with Gasteiger partial charge in [0.1, 0.15) is 0 Å². The van der Waals surface area contributed by atoms with Crippen molar-refractivity contribution in [3.8, 4) is 0 Å². The fourth-order valence-corrected chi connectivity index (χ4v) is 3.58. The van der Waals surface area contributed by atoms with E-state index in [0.717, 1.165) is 24.9 Å². The van der Waals surface area contributed by atoms with Crippen molar-refractivity contribution in [1.82, 2.24) is 10.2 Å². The van der Waals surface area contributed by atoms with Gasteiger partial charge in [0.25, 0.3) is 0 Å². The summed E-state index contributed by atoms with van der Waals surface area (Å²) in [5.74, 6) is 1.69. The Morgan fingerprint density at radius 1 is 1.19 bits per heavy atom. The molecule has 2 rings (SSSR count). The minimum atomic E-state index is 0.458. The van der Waals surface area contributed by atoms with Crippen LogP contribution < -0.4 is 5.32 Å². The third-order valence-corrected chi connectivity index (χ3v) is 4.79. The molecule has 2 atom stereocenters. The van der Waals surface area contributed by atoms with Crippen molar-refractivity contribution < 1.29 is 0 Å². The lowest BCUT2D eigenvalue weighted by atomic mass is 9.95. The fraction of sp³-hybridized carbons (Fsp3) is 0.684. The average Bonchev–Trinajstić information content (AvgIpc) is 2.86. The van der Waals surface area contributed by atoms with Crippen LogP contribution in [0.2, 0.25) is 0 Å². The van der Waals surface area contributed by atoms with Crippen LogP contribution in [-0.4, -0.2) is 31.1 Å². The molecule has 0 aromatic heterocycles. The van der Waals surface area contributed by atoms with Gasteiger partial charge in [-0.15, -0.1) is 0 Å². The summed E-state index contributed by atoms with van der Waals surface area (Å²) >= 11 is 0. The lowest BCUT2D eigenvalue weighted by Gasteiger charge is -2.26. The van der Waals surface area contributed by atoms with Crippen LogP contribution >= 0.6 is 0 Å². The molecule has 0 bridgehead atoms. The second kappa shape index (κ2) is 7.42.